The molecule has 8 nitrogen and oxygen atoms in total. The lowest BCUT2D eigenvalue weighted by atomic mass is 10.1. The van der Waals surface area contributed by atoms with Gasteiger partial charge in [0.15, 0.2) is 16.7 Å². The molecule has 4 rings (SSSR count). The molecule has 0 radical (unpaired) electrons. The number of anilines is 1. The van der Waals surface area contributed by atoms with Crippen molar-refractivity contribution in [1.29, 1.82) is 0 Å². The number of methoxy groups -OCH3 is 3. The fourth-order valence-electron chi connectivity index (χ4n) is 4.00. The van der Waals surface area contributed by atoms with E-state index in [1.807, 2.05) is 0 Å². The molecular formula is C28H26F3N3O5S. The van der Waals surface area contributed by atoms with Crippen molar-refractivity contribution in [2.24, 2.45) is 0 Å². The lowest BCUT2D eigenvalue weighted by Crippen LogP contribution is -2.25. The van der Waals surface area contributed by atoms with Gasteiger partial charge in [-0.3, -0.25) is 14.2 Å². The van der Waals surface area contributed by atoms with Gasteiger partial charge in [-0.05, 0) is 42.3 Å². The van der Waals surface area contributed by atoms with Crippen LogP contribution in [-0.4, -0.2) is 42.5 Å². The highest BCUT2D eigenvalue weighted by Crippen LogP contribution is 2.32. The molecule has 1 aromatic heterocycles. The number of hydrogen-bond acceptors (Lipinski definition) is 7. The summed E-state index contributed by atoms with van der Waals surface area (Å²) in [5.74, 6) is 0.822. The number of fused-ring (bicyclic) bond motifs is 1. The summed E-state index contributed by atoms with van der Waals surface area (Å²) in [7, 11) is 4.41. The second-order valence-electron chi connectivity index (χ2n) is 8.56. The van der Waals surface area contributed by atoms with Crippen LogP contribution in [0.25, 0.3) is 10.9 Å². The SMILES string of the molecule is COc1ccccc1NC(=O)CSc1nc2cc(OC)c(OC)cc2c(=O)n1CCc1ccc(C(F)(F)F)cc1. The number of nitrogens with one attached hydrogen (secondary N) is 1. The minimum absolute atomic E-state index is 0.0659. The lowest BCUT2D eigenvalue weighted by Gasteiger charge is -2.15. The topological polar surface area (TPSA) is 91.7 Å². The van der Waals surface area contributed by atoms with Crippen LogP contribution in [0.3, 0.4) is 0 Å². The molecule has 0 bridgehead atoms. The average Bonchev–Trinajstić information content (AvgIpc) is 2.95. The Bertz CT molecular complexity index is 1570. The van der Waals surface area contributed by atoms with E-state index in [9.17, 15) is 22.8 Å². The smallest absolute Gasteiger partial charge is 0.416 e. The van der Waals surface area contributed by atoms with Crippen molar-refractivity contribution >= 4 is 34.3 Å². The van der Waals surface area contributed by atoms with E-state index < -0.39 is 11.7 Å². The van der Waals surface area contributed by atoms with E-state index in [-0.39, 0.29) is 40.7 Å². The number of nitrogens with zero attached hydrogens (tertiary/aromatic N) is 2. The molecule has 1 amide bonds. The normalized spacial score (nSPS) is 11.3. The number of benzene rings is 3. The number of amides is 1. The Kier molecular flexibility index (Phi) is 8.88. The Morgan fingerprint density at radius 3 is 2.25 bits per heavy atom. The summed E-state index contributed by atoms with van der Waals surface area (Å²) in [5, 5.41) is 3.32. The van der Waals surface area contributed by atoms with Crippen LogP contribution in [0.2, 0.25) is 0 Å². The van der Waals surface area contributed by atoms with Crippen LogP contribution in [0.4, 0.5) is 18.9 Å². The van der Waals surface area contributed by atoms with Gasteiger partial charge in [-0.15, -0.1) is 0 Å². The number of carbonyl (C=O) groups is 1. The number of carbonyl (C=O) groups excluding carboxylic acids is 1. The maximum absolute atomic E-state index is 13.6. The van der Waals surface area contributed by atoms with Gasteiger partial charge in [0.25, 0.3) is 5.56 Å². The van der Waals surface area contributed by atoms with Crippen molar-refractivity contribution in [1.82, 2.24) is 9.55 Å². The first kappa shape index (κ1) is 28.8. The van der Waals surface area contributed by atoms with Crippen LogP contribution in [-0.2, 0) is 23.9 Å². The number of ether oxygens (including phenoxy) is 3. The van der Waals surface area contributed by atoms with Gasteiger partial charge < -0.3 is 19.5 Å². The zero-order valence-corrected chi connectivity index (χ0v) is 22.7. The van der Waals surface area contributed by atoms with E-state index in [0.29, 0.717) is 34.0 Å². The highest BCUT2D eigenvalue weighted by molar-refractivity contribution is 7.99. The van der Waals surface area contributed by atoms with Gasteiger partial charge in [0, 0.05) is 12.6 Å². The molecule has 0 unspecified atom stereocenters. The van der Waals surface area contributed by atoms with Crippen molar-refractivity contribution in [3.63, 3.8) is 0 Å². The van der Waals surface area contributed by atoms with Crippen LogP contribution < -0.4 is 25.1 Å². The van der Waals surface area contributed by atoms with Crippen LogP contribution >= 0.6 is 11.8 Å². The molecule has 0 saturated heterocycles. The number of rotatable bonds is 10. The summed E-state index contributed by atoms with van der Waals surface area (Å²) in [6, 6.07) is 14.8. The van der Waals surface area contributed by atoms with Crippen molar-refractivity contribution in [3.05, 3.63) is 82.1 Å². The summed E-state index contributed by atoms with van der Waals surface area (Å²) >= 11 is 1.06. The molecule has 1 N–H and O–H groups in total. The molecule has 4 aromatic rings. The summed E-state index contributed by atoms with van der Waals surface area (Å²) in [4.78, 5) is 31.0. The molecule has 0 aliphatic rings. The number of para-hydroxylation sites is 2. The zero-order valence-electron chi connectivity index (χ0n) is 21.9. The number of hydrogen-bond donors (Lipinski definition) is 1. The maximum atomic E-state index is 13.6. The monoisotopic (exact) mass is 573 g/mol. The molecule has 0 aliphatic heterocycles. The van der Waals surface area contributed by atoms with E-state index in [2.05, 4.69) is 10.3 Å². The summed E-state index contributed by atoms with van der Waals surface area (Å²) in [6.07, 6.45) is -4.18. The molecule has 0 atom stereocenters. The number of alkyl halides is 3. The Balaban J connectivity index is 1.64. The van der Waals surface area contributed by atoms with E-state index in [1.165, 1.54) is 44.1 Å². The Morgan fingerprint density at radius 2 is 1.60 bits per heavy atom. The van der Waals surface area contributed by atoms with Crippen LogP contribution in [0.1, 0.15) is 11.1 Å². The van der Waals surface area contributed by atoms with Crippen LogP contribution in [0, 0.1) is 0 Å². The predicted molar refractivity (Wildman–Crippen MR) is 147 cm³/mol. The Labute approximate surface area is 232 Å². The van der Waals surface area contributed by atoms with Gasteiger partial charge >= 0.3 is 6.18 Å². The molecular weight excluding hydrogens is 547 g/mol. The average molecular weight is 574 g/mol. The van der Waals surface area contributed by atoms with E-state index in [1.54, 1.807) is 30.3 Å². The van der Waals surface area contributed by atoms with Gasteiger partial charge in [-0.1, -0.05) is 36.0 Å². The van der Waals surface area contributed by atoms with Gasteiger partial charge in [0.2, 0.25) is 5.91 Å². The van der Waals surface area contributed by atoms with Crippen molar-refractivity contribution < 1.29 is 32.2 Å². The predicted octanol–water partition coefficient (Wildman–Crippen LogP) is 5.41. The molecule has 3 aromatic carbocycles. The highest BCUT2D eigenvalue weighted by Gasteiger charge is 2.30. The molecule has 0 fully saturated rings. The molecule has 0 saturated carbocycles. The molecule has 12 heteroatoms. The van der Waals surface area contributed by atoms with E-state index in [4.69, 9.17) is 14.2 Å². The quantitative estimate of drug-likeness (QED) is 0.200. The first-order valence-electron chi connectivity index (χ1n) is 12.0. The second kappa shape index (κ2) is 12.3. The van der Waals surface area contributed by atoms with Gasteiger partial charge in [-0.2, -0.15) is 13.2 Å². The fourth-order valence-corrected chi connectivity index (χ4v) is 4.83. The largest absolute Gasteiger partial charge is 0.495 e. The highest BCUT2D eigenvalue weighted by atomic mass is 32.2. The minimum atomic E-state index is -4.44. The third-order valence-corrected chi connectivity index (χ3v) is 7.02. The standard InChI is InChI=1S/C28H26F3N3O5S/c1-37-22-7-5-4-6-20(22)32-25(35)16-40-27-33-21-15-24(39-3)23(38-2)14-19(21)26(36)34(27)13-12-17-8-10-18(11-9-17)28(29,30)31/h4-11,14-15H,12-13,16H2,1-3H3,(H,32,35). The van der Waals surface area contributed by atoms with Crippen LogP contribution in [0.15, 0.2) is 70.6 Å². The summed E-state index contributed by atoms with van der Waals surface area (Å²) < 4.78 is 56.2. The van der Waals surface area contributed by atoms with Crippen molar-refractivity contribution in [2.45, 2.75) is 24.3 Å². The number of aryl methyl sites for hydroxylation is 1. The van der Waals surface area contributed by atoms with Gasteiger partial charge in [-0.25, -0.2) is 4.98 Å². The van der Waals surface area contributed by atoms with Crippen molar-refractivity contribution in [2.75, 3.05) is 32.4 Å². The van der Waals surface area contributed by atoms with E-state index in [0.717, 1.165) is 23.9 Å². The van der Waals surface area contributed by atoms with E-state index >= 15 is 0 Å². The fraction of sp³-hybridized carbons (Fsp3) is 0.250. The zero-order chi connectivity index (χ0) is 28.9. The third-order valence-electron chi connectivity index (χ3n) is 6.04. The van der Waals surface area contributed by atoms with Crippen LogP contribution in [0.5, 0.6) is 17.2 Å². The summed E-state index contributed by atoms with van der Waals surface area (Å²) in [5.41, 5.74) is 0.321. The minimum Gasteiger partial charge on any atom is -0.495 e. The van der Waals surface area contributed by atoms with Gasteiger partial charge in [0.05, 0.1) is 49.2 Å². The first-order valence-corrected chi connectivity index (χ1v) is 13.0. The number of thioether (sulfide) groups is 1. The molecule has 40 heavy (non-hydrogen) atoms. The molecule has 210 valence electrons. The molecule has 1 heterocycles. The lowest BCUT2D eigenvalue weighted by molar-refractivity contribution is -0.137. The molecule has 0 spiro atoms. The first-order chi connectivity index (χ1) is 19.1. The van der Waals surface area contributed by atoms with Crippen molar-refractivity contribution in [3.8, 4) is 17.2 Å². The number of aromatic nitrogens is 2. The van der Waals surface area contributed by atoms with Gasteiger partial charge in [0.1, 0.15) is 5.75 Å². The second-order valence-corrected chi connectivity index (χ2v) is 9.50. The third kappa shape index (κ3) is 6.50. The summed E-state index contributed by atoms with van der Waals surface area (Å²) in [6.45, 7) is 0.123. The number of halogens is 3. The molecule has 0 aliphatic carbocycles. The maximum Gasteiger partial charge on any atom is 0.416 e. The Hall–Kier alpha value is -4.19. The Morgan fingerprint density at radius 1 is 0.950 bits per heavy atom.